The van der Waals surface area contributed by atoms with Crippen molar-refractivity contribution >= 4 is 35.4 Å². The molecule has 7 rings (SSSR count). The Hall–Kier alpha value is -7.29. The van der Waals surface area contributed by atoms with E-state index in [1.807, 2.05) is 84.9 Å². The Morgan fingerprint density at radius 1 is 0.758 bits per heavy atom. The van der Waals surface area contributed by atoms with Crippen LogP contribution in [0.15, 0.2) is 146 Å². The number of hydrogen-bond donors (Lipinski definition) is 4. The Balaban J connectivity index is 0.985. The number of benzene rings is 5. The standard InChI is InChI=1S/C48H50N8O6/c1-53(46(58)38-18-12-17-37(33-38)45(57)52-26-25-49-34-44-50-27-28-51-44)31-32-54-29-23-39(24-30-54)62-48(61)56(43-22-11-9-20-41(43)36-15-6-3-7-16-36)55(47(59)60)42-21-10-8-19-40(42)35-13-4-2-5-14-35/h2-22,27-28,33,39,49H,23-26,29-32,34H2,1H3,(H,50,51)(H,52,57)(H,59,60). The Morgan fingerprint density at radius 2 is 1.35 bits per heavy atom. The molecule has 1 aliphatic rings. The second kappa shape index (κ2) is 20.8. The van der Waals surface area contributed by atoms with E-state index in [0.29, 0.717) is 92.3 Å². The first-order valence-corrected chi connectivity index (χ1v) is 20.6. The van der Waals surface area contributed by atoms with Crippen LogP contribution < -0.4 is 20.7 Å². The second-order valence-corrected chi connectivity index (χ2v) is 14.9. The monoisotopic (exact) mass is 834 g/mol. The maximum Gasteiger partial charge on any atom is 0.434 e. The zero-order valence-corrected chi connectivity index (χ0v) is 34.5. The average molecular weight is 835 g/mol. The minimum absolute atomic E-state index is 0.198. The molecule has 0 atom stereocenters. The highest BCUT2D eigenvalue weighted by Gasteiger charge is 2.36. The Kier molecular flexibility index (Phi) is 14.4. The summed E-state index contributed by atoms with van der Waals surface area (Å²) in [5.74, 6) is 0.354. The topological polar surface area (TPSA) is 163 Å². The Morgan fingerprint density at radius 3 is 1.97 bits per heavy atom. The molecule has 62 heavy (non-hydrogen) atoms. The van der Waals surface area contributed by atoms with Crippen molar-refractivity contribution in [2.75, 3.05) is 56.3 Å². The first-order chi connectivity index (χ1) is 30.3. The summed E-state index contributed by atoms with van der Waals surface area (Å²) in [6.07, 6.45) is 1.81. The van der Waals surface area contributed by atoms with Crippen molar-refractivity contribution in [3.63, 3.8) is 0 Å². The number of anilines is 2. The van der Waals surface area contributed by atoms with Crippen molar-refractivity contribution in [2.45, 2.75) is 25.5 Å². The predicted molar refractivity (Wildman–Crippen MR) is 239 cm³/mol. The normalized spacial score (nSPS) is 12.9. The lowest BCUT2D eigenvalue weighted by Crippen LogP contribution is -2.52. The van der Waals surface area contributed by atoms with Gasteiger partial charge >= 0.3 is 12.2 Å². The number of piperidine rings is 1. The van der Waals surface area contributed by atoms with Gasteiger partial charge in [-0.3, -0.25) is 9.59 Å². The van der Waals surface area contributed by atoms with E-state index >= 15 is 0 Å². The molecule has 0 saturated carbocycles. The SMILES string of the molecule is CN(CCN1CCC(OC(=O)N(c2ccccc2-c2ccccc2)N(C(=O)O)c2ccccc2-c2ccccc2)CC1)C(=O)c1cccc(C(=O)NCCNCc2ncc[nH]2)c1. The van der Waals surface area contributed by atoms with Crippen LogP contribution in [-0.4, -0.2) is 101 Å². The van der Waals surface area contributed by atoms with Crippen LogP contribution in [0.25, 0.3) is 22.3 Å². The molecule has 0 radical (unpaired) electrons. The second-order valence-electron chi connectivity index (χ2n) is 14.9. The number of carbonyl (C=O) groups is 4. The van der Waals surface area contributed by atoms with E-state index in [9.17, 15) is 24.3 Å². The maximum absolute atomic E-state index is 14.6. The number of nitrogens with zero attached hydrogens (tertiary/aromatic N) is 5. The molecule has 1 saturated heterocycles. The minimum atomic E-state index is -1.36. The van der Waals surface area contributed by atoms with Crippen molar-refractivity contribution in [1.82, 2.24) is 30.4 Å². The molecule has 1 fully saturated rings. The quantitative estimate of drug-likeness (QED) is 0.0605. The van der Waals surface area contributed by atoms with Gasteiger partial charge in [-0.1, -0.05) is 103 Å². The van der Waals surface area contributed by atoms with Gasteiger partial charge in [0.05, 0.1) is 17.9 Å². The summed E-state index contributed by atoms with van der Waals surface area (Å²) in [5, 5.41) is 19.1. The number of nitrogens with one attached hydrogen (secondary N) is 3. The van der Waals surface area contributed by atoms with Crippen LogP contribution in [0.5, 0.6) is 0 Å². The molecule has 0 unspecified atom stereocenters. The summed E-state index contributed by atoms with van der Waals surface area (Å²) in [6, 6.07) is 39.9. The lowest BCUT2D eigenvalue weighted by Gasteiger charge is -2.37. The third kappa shape index (κ3) is 10.7. The van der Waals surface area contributed by atoms with Crippen LogP contribution >= 0.6 is 0 Å². The van der Waals surface area contributed by atoms with Crippen LogP contribution in [0.4, 0.5) is 21.0 Å². The van der Waals surface area contributed by atoms with Crippen molar-refractivity contribution in [2.24, 2.45) is 0 Å². The molecule has 318 valence electrons. The Labute approximate surface area is 360 Å². The number of carbonyl (C=O) groups excluding carboxylic acids is 3. The van der Waals surface area contributed by atoms with Gasteiger partial charge in [0.2, 0.25) is 0 Å². The molecule has 1 aliphatic heterocycles. The minimum Gasteiger partial charge on any atom is -0.463 e. The first kappa shape index (κ1) is 42.8. The van der Waals surface area contributed by atoms with Crippen molar-refractivity contribution in [3.8, 4) is 22.3 Å². The Bertz CT molecular complexity index is 2420. The lowest BCUT2D eigenvalue weighted by molar-refractivity contribution is 0.0503. The number of hydrazine groups is 1. The highest BCUT2D eigenvalue weighted by atomic mass is 16.6. The number of amides is 4. The lowest BCUT2D eigenvalue weighted by atomic mass is 10.0. The van der Waals surface area contributed by atoms with Crippen molar-refractivity contribution in [3.05, 3.63) is 163 Å². The molecule has 5 aromatic carbocycles. The molecular weight excluding hydrogens is 785 g/mol. The van der Waals surface area contributed by atoms with E-state index in [1.165, 1.54) is 0 Å². The molecular formula is C48H50N8O6. The van der Waals surface area contributed by atoms with Crippen LogP contribution in [0.1, 0.15) is 39.4 Å². The summed E-state index contributed by atoms with van der Waals surface area (Å²) >= 11 is 0. The summed E-state index contributed by atoms with van der Waals surface area (Å²) in [7, 11) is 1.74. The third-order valence-corrected chi connectivity index (χ3v) is 10.7. The van der Waals surface area contributed by atoms with Crippen LogP contribution in [-0.2, 0) is 11.3 Å². The molecule has 1 aromatic heterocycles. The van der Waals surface area contributed by atoms with Crippen LogP contribution in [0, 0.1) is 0 Å². The van der Waals surface area contributed by atoms with Gasteiger partial charge < -0.3 is 35.3 Å². The van der Waals surface area contributed by atoms with Crippen LogP contribution in [0.3, 0.4) is 0 Å². The molecule has 4 amide bonds. The number of likely N-dealkylation sites (tertiary alicyclic amines) is 1. The molecule has 4 N–H and O–H groups in total. The van der Waals surface area contributed by atoms with E-state index in [0.717, 1.165) is 27.0 Å². The molecule has 0 spiro atoms. The zero-order valence-electron chi connectivity index (χ0n) is 34.5. The molecule has 6 aromatic rings. The maximum atomic E-state index is 14.6. The fourth-order valence-electron chi connectivity index (χ4n) is 7.44. The zero-order chi connectivity index (χ0) is 43.3. The number of para-hydroxylation sites is 2. The highest BCUT2D eigenvalue weighted by Crippen LogP contribution is 2.38. The summed E-state index contributed by atoms with van der Waals surface area (Å²) in [4.78, 5) is 65.3. The summed E-state index contributed by atoms with van der Waals surface area (Å²) < 4.78 is 6.20. The summed E-state index contributed by atoms with van der Waals surface area (Å²) in [6.45, 7) is 3.78. The van der Waals surface area contributed by atoms with Gasteiger partial charge in [0.1, 0.15) is 11.9 Å². The third-order valence-electron chi connectivity index (χ3n) is 10.7. The van der Waals surface area contributed by atoms with E-state index in [-0.39, 0.29) is 11.8 Å². The molecule has 0 bridgehead atoms. The smallest absolute Gasteiger partial charge is 0.434 e. The largest absolute Gasteiger partial charge is 0.463 e. The van der Waals surface area contributed by atoms with Crippen LogP contribution in [0.2, 0.25) is 0 Å². The number of carboxylic acid groups (broad SMARTS) is 1. The first-order valence-electron chi connectivity index (χ1n) is 20.6. The fourth-order valence-corrected chi connectivity index (χ4v) is 7.44. The van der Waals surface area contributed by atoms with Gasteiger partial charge in [-0.15, -0.1) is 0 Å². The van der Waals surface area contributed by atoms with Gasteiger partial charge in [-0.2, -0.15) is 10.0 Å². The number of hydrogen-bond acceptors (Lipinski definition) is 8. The predicted octanol–water partition coefficient (Wildman–Crippen LogP) is 7.54. The van der Waals surface area contributed by atoms with Crippen molar-refractivity contribution < 1.29 is 29.0 Å². The number of aromatic amines is 1. The van der Waals surface area contributed by atoms with E-state index in [2.05, 4.69) is 25.5 Å². The van der Waals surface area contributed by atoms with Gasteiger partial charge in [-0.25, -0.2) is 14.6 Å². The number of H-pyrrole nitrogens is 1. The van der Waals surface area contributed by atoms with Gasteiger partial charge in [0, 0.05) is 81.0 Å². The number of aromatic nitrogens is 2. The molecule has 0 aliphatic carbocycles. The van der Waals surface area contributed by atoms with E-state index < -0.39 is 18.3 Å². The van der Waals surface area contributed by atoms with Crippen molar-refractivity contribution in [1.29, 1.82) is 0 Å². The van der Waals surface area contributed by atoms with Gasteiger partial charge in [0.25, 0.3) is 11.8 Å². The molecule has 14 nitrogen and oxygen atoms in total. The highest BCUT2D eigenvalue weighted by molar-refractivity contribution is 6.06. The molecule has 14 heteroatoms. The number of likely N-dealkylation sites (N-methyl/N-ethyl adjacent to an activating group) is 1. The number of ether oxygens (including phenoxy) is 1. The van der Waals surface area contributed by atoms with Gasteiger partial charge in [-0.05, 0) is 54.3 Å². The fraction of sp³-hybridized carbons (Fsp3) is 0.229. The molecule has 2 heterocycles. The number of rotatable bonds is 15. The summed E-state index contributed by atoms with van der Waals surface area (Å²) in [5.41, 5.74) is 4.34. The van der Waals surface area contributed by atoms with E-state index in [4.69, 9.17) is 4.74 Å². The van der Waals surface area contributed by atoms with Gasteiger partial charge in [0.15, 0.2) is 0 Å². The number of imidazole rings is 1. The van der Waals surface area contributed by atoms with E-state index in [1.54, 1.807) is 72.9 Å². The average Bonchev–Trinajstić information content (AvgIpc) is 3.84.